The first-order valence-electron chi connectivity index (χ1n) is 4.13. The molecule has 3 nitrogen and oxygen atoms in total. The standard InChI is InChI=1S/C9H10N2OS/c1-6-8(12)11-9(13-6)7-3-2-4-10-5-7/h2-6,9H,1H3,(H,11,12)/t6-,9-/m1/s1. The van der Waals surface area contributed by atoms with Crippen molar-refractivity contribution in [3.8, 4) is 0 Å². The van der Waals surface area contributed by atoms with Gasteiger partial charge in [-0.15, -0.1) is 11.8 Å². The highest BCUT2D eigenvalue weighted by Gasteiger charge is 2.29. The van der Waals surface area contributed by atoms with E-state index in [0.29, 0.717) is 0 Å². The second kappa shape index (κ2) is 3.38. The predicted octanol–water partition coefficient (Wildman–Crippen LogP) is 1.33. The summed E-state index contributed by atoms with van der Waals surface area (Å²) in [7, 11) is 0. The van der Waals surface area contributed by atoms with Gasteiger partial charge in [0.05, 0.1) is 5.25 Å². The smallest absolute Gasteiger partial charge is 0.234 e. The van der Waals surface area contributed by atoms with Crippen LogP contribution in [0.4, 0.5) is 0 Å². The molecule has 1 aliphatic rings. The van der Waals surface area contributed by atoms with E-state index in [1.807, 2.05) is 19.1 Å². The van der Waals surface area contributed by atoms with Crippen molar-refractivity contribution in [2.75, 3.05) is 0 Å². The third-order valence-electron chi connectivity index (χ3n) is 1.97. The summed E-state index contributed by atoms with van der Waals surface area (Å²) in [5.74, 6) is 0.110. The highest BCUT2D eigenvalue weighted by Crippen LogP contribution is 2.34. The molecule has 0 aliphatic carbocycles. The van der Waals surface area contributed by atoms with E-state index in [1.165, 1.54) is 0 Å². The van der Waals surface area contributed by atoms with Crippen molar-refractivity contribution in [2.24, 2.45) is 0 Å². The van der Waals surface area contributed by atoms with E-state index in [9.17, 15) is 4.79 Å². The molecule has 1 aromatic heterocycles. The maximum Gasteiger partial charge on any atom is 0.234 e. The van der Waals surface area contributed by atoms with E-state index < -0.39 is 0 Å². The topological polar surface area (TPSA) is 42.0 Å². The molecule has 0 bridgehead atoms. The number of nitrogens with zero attached hydrogens (tertiary/aromatic N) is 1. The third kappa shape index (κ3) is 1.67. The maximum absolute atomic E-state index is 11.2. The first kappa shape index (κ1) is 8.56. The molecule has 0 aromatic carbocycles. The van der Waals surface area contributed by atoms with Gasteiger partial charge in [-0.25, -0.2) is 0 Å². The molecule has 1 amide bonds. The van der Waals surface area contributed by atoms with Crippen molar-refractivity contribution in [1.82, 2.24) is 10.3 Å². The second-order valence-electron chi connectivity index (χ2n) is 2.95. The zero-order valence-corrected chi connectivity index (χ0v) is 8.04. The minimum absolute atomic E-state index is 0.0465. The van der Waals surface area contributed by atoms with Crippen LogP contribution in [-0.4, -0.2) is 16.1 Å². The highest BCUT2D eigenvalue weighted by molar-refractivity contribution is 8.01. The van der Waals surface area contributed by atoms with Crippen LogP contribution >= 0.6 is 11.8 Å². The van der Waals surface area contributed by atoms with Gasteiger partial charge in [0.25, 0.3) is 0 Å². The largest absolute Gasteiger partial charge is 0.339 e. The molecule has 2 heterocycles. The lowest BCUT2D eigenvalue weighted by atomic mass is 10.3. The van der Waals surface area contributed by atoms with Gasteiger partial charge in [0.15, 0.2) is 0 Å². The molecule has 1 aromatic rings. The first-order chi connectivity index (χ1) is 6.27. The Hall–Kier alpha value is -1.03. The molecule has 2 atom stereocenters. The number of amides is 1. The Morgan fingerprint density at radius 2 is 2.46 bits per heavy atom. The zero-order chi connectivity index (χ0) is 9.26. The lowest BCUT2D eigenvalue weighted by molar-refractivity contribution is -0.119. The van der Waals surface area contributed by atoms with Gasteiger partial charge >= 0.3 is 0 Å². The third-order valence-corrected chi connectivity index (χ3v) is 3.25. The van der Waals surface area contributed by atoms with Gasteiger partial charge in [-0.3, -0.25) is 9.78 Å². The van der Waals surface area contributed by atoms with Crippen LogP contribution in [0.2, 0.25) is 0 Å². The molecule has 13 heavy (non-hydrogen) atoms. The quantitative estimate of drug-likeness (QED) is 0.733. The van der Waals surface area contributed by atoms with E-state index in [-0.39, 0.29) is 16.5 Å². The fourth-order valence-electron chi connectivity index (χ4n) is 1.24. The van der Waals surface area contributed by atoms with Gasteiger partial charge in [0.1, 0.15) is 5.37 Å². The van der Waals surface area contributed by atoms with Crippen molar-refractivity contribution in [3.63, 3.8) is 0 Å². The first-order valence-corrected chi connectivity index (χ1v) is 5.07. The van der Waals surface area contributed by atoms with Crippen LogP contribution in [0.5, 0.6) is 0 Å². The molecule has 1 N–H and O–H groups in total. The zero-order valence-electron chi connectivity index (χ0n) is 7.23. The lowest BCUT2D eigenvalue weighted by Gasteiger charge is -2.07. The molecule has 0 radical (unpaired) electrons. The summed E-state index contributed by atoms with van der Waals surface area (Å²) >= 11 is 1.63. The van der Waals surface area contributed by atoms with Crippen LogP contribution in [0, 0.1) is 0 Å². The van der Waals surface area contributed by atoms with Crippen LogP contribution in [0.1, 0.15) is 17.9 Å². The summed E-state index contributed by atoms with van der Waals surface area (Å²) < 4.78 is 0. The summed E-state index contributed by atoms with van der Waals surface area (Å²) in [4.78, 5) is 15.2. The summed E-state index contributed by atoms with van der Waals surface area (Å²) in [6.07, 6.45) is 3.52. The number of pyridine rings is 1. The summed E-state index contributed by atoms with van der Waals surface area (Å²) in [6.45, 7) is 1.91. The molecule has 0 saturated carbocycles. The molecular weight excluding hydrogens is 184 g/mol. The molecule has 0 unspecified atom stereocenters. The fraction of sp³-hybridized carbons (Fsp3) is 0.333. The Bertz CT molecular complexity index is 315. The molecule has 1 aliphatic heterocycles. The Morgan fingerprint density at radius 3 is 3.00 bits per heavy atom. The molecule has 4 heteroatoms. The molecule has 0 spiro atoms. The summed E-state index contributed by atoms with van der Waals surface area (Å²) in [5, 5.41) is 3.03. The number of nitrogens with one attached hydrogen (secondary N) is 1. The summed E-state index contributed by atoms with van der Waals surface area (Å²) in [5.41, 5.74) is 1.06. The van der Waals surface area contributed by atoms with Crippen molar-refractivity contribution in [3.05, 3.63) is 30.1 Å². The van der Waals surface area contributed by atoms with Crippen molar-refractivity contribution in [2.45, 2.75) is 17.5 Å². The van der Waals surface area contributed by atoms with E-state index in [4.69, 9.17) is 0 Å². The highest BCUT2D eigenvalue weighted by atomic mass is 32.2. The minimum atomic E-state index is 0.0465. The van der Waals surface area contributed by atoms with Crippen LogP contribution in [0.15, 0.2) is 24.5 Å². The van der Waals surface area contributed by atoms with Gasteiger partial charge in [0.2, 0.25) is 5.91 Å². The lowest BCUT2D eigenvalue weighted by Crippen LogP contribution is -2.22. The van der Waals surface area contributed by atoms with Gasteiger partial charge in [-0.05, 0) is 13.0 Å². The Balaban J connectivity index is 2.17. The number of hydrogen-bond donors (Lipinski definition) is 1. The second-order valence-corrected chi connectivity index (χ2v) is 4.40. The Labute approximate surface area is 80.9 Å². The van der Waals surface area contributed by atoms with E-state index >= 15 is 0 Å². The normalized spacial score (nSPS) is 27.3. The molecule has 2 rings (SSSR count). The monoisotopic (exact) mass is 194 g/mol. The number of aromatic nitrogens is 1. The van der Waals surface area contributed by atoms with Crippen LogP contribution < -0.4 is 5.32 Å². The fourth-order valence-corrected chi connectivity index (χ4v) is 2.32. The van der Waals surface area contributed by atoms with Crippen LogP contribution in [0.25, 0.3) is 0 Å². The number of thioether (sulfide) groups is 1. The number of rotatable bonds is 1. The van der Waals surface area contributed by atoms with Gasteiger partial charge in [-0.2, -0.15) is 0 Å². The number of hydrogen-bond acceptors (Lipinski definition) is 3. The molecule has 68 valence electrons. The van der Waals surface area contributed by atoms with E-state index in [2.05, 4.69) is 10.3 Å². The van der Waals surface area contributed by atoms with Crippen molar-refractivity contribution in [1.29, 1.82) is 0 Å². The summed E-state index contributed by atoms with van der Waals surface area (Å²) in [6, 6.07) is 3.86. The van der Waals surface area contributed by atoms with Crippen molar-refractivity contribution >= 4 is 17.7 Å². The van der Waals surface area contributed by atoms with Crippen molar-refractivity contribution < 1.29 is 4.79 Å². The van der Waals surface area contributed by atoms with Crippen LogP contribution in [-0.2, 0) is 4.79 Å². The van der Waals surface area contributed by atoms with Gasteiger partial charge in [0, 0.05) is 18.0 Å². The van der Waals surface area contributed by atoms with Gasteiger partial charge < -0.3 is 5.32 Å². The molecule has 1 fully saturated rings. The van der Waals surface area contributed by atoms with E-state index in [0.717, 1.165) is 5.56 Å². The minimum Gasteiger partial charge on any atom is -0.339 e. The SMILES string of the molecule is C[C@H]1S[C@H](c2cccnc2)NC1=O. The Morgan fingerprint density at radius 1 is 1.62 bits per heavy atom. The average Bonchev–Trinajstić information content (AvgIpc) is 2.49. The maximum atomic E-state index is 11.2. The van der Waals surface area contributed by atoms with Gasteiger partial charge in [-0.1, -0.05) is 6.07 Å². The average molecular weight is 194 g/mol. The Kier molecular flexibility index (Phi) is 2.22. The van der Waals surface area contributed by atoms with Crippen LogP contribution in [0.3, 0.4) is 0 Å². The van der Waals surface area contributed by atoms with E-state index in [1.54, 1.807) is 24.2 Å². The number of carbonyl (C=O) groups excluding carboxylic acids is 1. The molecular formula is C9H10N2OS. The number of carbonyl (C=O) groups is 1. The molecule has 1 saturated heterocycles. The predicted molar refractivity (Wildman–Crippen MR) is 52.2 cm³/mol.